The van der Waals surface area contributed by atoms with E-state index >= 15 is 0 Å². The van der Waals surface area contributed by atoms with Crippen LogP contribution in [0, 0.1) is 5.82 Å². The predicted molar refractivity (Wildman–Crippen MR) is 42.9 cm³/mol. The van der Waals surface area contributed by atoms with E-state index in [0.717, 1.165) is 12.8 Å². The molecule has 12 heavy (non-hydrogen) atoms. The van der Waals surface area contributed by atoms with Gasteiger partial charge < -0.3 is 4.74 Å². The van der Waals surface area contributed by atoms with E-state index in [0.29, 0.717) is 0 Å². The lowest BCUT2D eigenvalue weighted by atomic mass is 10.4. The van der Waals surface area contributed by atoms with Crippen molar-refractivity contribution in [1.29, 1.82) is 0 Å². The van der Waals surface area contributed by atoms with E-state index in [4.69, 9.17) is 16.3 Å². The highest BCUT2D eigenvalue weighted by molar-refractivity contribution is 6.29. The van der Waals surface area contributed by atoms with Gasteiger partial charge in [-0.3, -0.25) is 0 Å². The number of aromatic nitrogens is 1. The molecule has 2 nitrogen and oxygen atoms in total. The maximum Gasteiger partial charge on any atom is 0.202 e. The summed E-state index contributed by atoms with van der Waals surface area (Å²) in [4.78, 5) is 3.58. The van der Waals surface area contributed by atoms with E-state index in [2.05, 4.69) is 4.98 Å². The second kappa shape index (κ2) is 2.90. The molecule has 0 aromatic carbocycles. The first-order valence-electron chi connectivity index (χ1n) is 3.74. The maximum absolute atomic E-state index is 13.1. The first-order valence-corrected chi connectivity index (χ1v) is 4.12. The molecule has 1 aliphatic carbocycles. The molecule has 0 unspecified atom stereocenters. The van der Waals surface area contributed by atoms with Crippen molar-refractivity contribution >= 4 is 11.6 Å². The molecule has 0 bridgehead atoms. The molecule has 0 aliphatic heterocycles. The normalized spacial score (nSPS) is 16.2. The zero-order chi connectivity index (χ0) is 8.55. The molecule has 2 rings (SSSR count). The van der Waals surface area contributed by atoms with Gasteiger partial charge in [-0.05, 0) is 12.8 Å². The SMILES string of the molecule is Fc1c(OC2CC2)ccnc1Cl. The molecule has 1 saturated carbocycles. The quantitative estimate of drug-likeness (QED) is 0.664. The lowest BCUT2D eigenvalue weighted by molar-refractivity contribution is 0.287. The zero-order valence-corrected chi connectivity index (χ0v) is 7.01. The van der Waals surface area contributed by atoms with Crippen LogP contribution in [0.4, 0.5) is 4.39 Å². The number of nitrogens with zero attached hydrogens (tertiary/aromatic N) is 1. The summed E-state index contributed by atoms with van der Waals surface area (Å²) in [6, 6.07) is 1.49. The standard InChI is InChI=1S/C8H7ClFNO/c9-8-7(10)6(3-4-11-8)12-5-1-2-5/h3-5H,1-2H2. The van der Waals surface area contributed by atoms with Gasteiger partial charge in [0.2, 0.25) is 5.82 Å². The van der Waals surface area contributed by atoms with E-state index in [-0.39, 0.29) is 17.0 Å². The Morgan fingerprint density at radius 1 is 1.58 bits per heavy atom. The molecule has 64 valence electrons. The van der Waals surface area contributed by atoms with E-state index in [1.165, 1.54) is 12.3 Å². The van der Waals surface area contributed by atoms with Crippen LogP contribution in [-0.2, 0) is 0 Å². The largest absolute Gasteiger partial charge is 0.487 e. The van der Waals surface area contributed by atoms with Crippen LogP contribution in [0.15, 0.2) is 12.3 Å². The van der Waals surface area contributed by atoms with Crippen molar-refractivity contribution in [3.05, 3.63) is 23.2 Å². The molecule has 0 amide bonds. The van der Waals surface area contributed by atoms with Crippen LogP contribution in [0.1, 0.15) is 12.8 Å². The van der Waals surface area contributed by atoms with Crippen LogP contribution in [-0.4, -0.2) is 11.1 Å². The van der Waals surface area contributed by atoms with Gasteiger partial charge in [-0.2, -0.15) is 4.39 Å². The molecular weight excluding hydrogens is 181 g/mol. The highest BCUT2D eigenvalue weighted by atomic mass is 35.5. The van der Waals surface area contributed by atoms with E-state index in [9.17, 15) is 4.39 Å². The summed E-state index contributed by atoms with van der Waals surface area (Å²) in [6.45, 7) is 0. The van der Waals surface area contributed by atoms with Crippen molar-refractivity contribution in [2.75, 3.05) is 0 Å². The van der Waals surface area contributed by atoms with Crippen LogP contribution in [0.25, 0.3) is 0 Å². The van der Waals surface area contributed by atoms with Crippen LogP contribution in [0.5, 0.6) is 5.75 Å². The van der Waals surface area contributed by atoms with Crippen molar-refractivity contribution in [2.45, 2.75) is 18.9 Å². The summed E-state index contributed by atoms with van der Waals surface area (Å²) in [5.74, 6) is -0.358. The molecule has 1 fully saturated rings. The van der Waals surface area contributed by atoms with E-state index in [1.807, 2.05) is 0 Å². The fourth-order valence-electron chi connectivity index (χ4n) is 0.858. The summed E-state index contributed by atoms with van der Waals surface area (Å²) < 4.78 is 18.3. The number of halogens is 2. The van der Waals surface area contributed by atoms with Gasteiger partial charge in [0.05, 0.1) is 6.10 Å². The second-order valence-electron chi connectivity index (χ2n) is 2.73. The van der Waals surface area contributed by atoms with Crippen molar-refractivity contribution in [1.82, 2.24) is 4.98 Å². The second-order valence-corrected chi connectivity index (χ2v) is 3.09. The van der Waals surface area contributed by atoms with Gasteiger partial charge in [-0.15, -0.1) is 0 Å². The van der Waals surface area contributed by atoms with Gasteiger partial charge >= 0.3 is 0 Å². The lowest BCUT2D eigenvalue weighted by Gasteiger charge is -2.04. The predicted octanol–water partition coefficient (Wildman–Crippen LogP) is 2.42. The van der Waals surface area contributed by atoms with Crippen molar-refractivity contribution in [3.8, 4) is 5.75 Å². The van der Waals surface area contributed by atoms with Crippen LogP contribution < -0.4 is 4.74 Å². The minimum absolute atomic E-state index is 0.131. The van der Waals surface area contributed by atoms with Gasteiger partial charge in [-0.1, -0.05) is 11.6 Å². The minimum atomic E-state index is -0.564. The van der Waals surface area contributed by atoms with E-state index in [1.54, 1.807) is 0 Å². The number of ether oxygens (including phenoxy) is 1. The van der Waals surface area contributed by atoms with Crippen LogP contribution in [0.3, 0.4) is 0 Å². The summed E-state index contributed by atoms with van der Waals surface area (Å²) in [5.41, 5.74) is 0. The monoisotopic (exact) mass is 187 g/mol. The smallest absolute Gasteiger partial charge is 0.202 e. The molecule has 0 radical (unpaired) electrons. The summed E-state index contributed by atoms with van der Waals surface area (Å²) in [5, 5.41) is -0.131. The molecular formula is C8H7ClFNO. The fraction of sp³-hybridized carbons (Fsp3) is 0.375. The lowest BCUT2D eigenvalue weighted by Crippen LogP contribution is -1.99. The average Bonchev–Trinajstić information content (AvgIpc) is 2.83. The molecule has 0 saturated heterocycles. The van der Waals surface area contributed by atoms with Gasteiger partial charge in [0, 0.05) is 12.3 Å². The first kappa shape index (κ1) is 7.80. The van der Waals surface area contributed by atoms with Gasteiger partial charge in [0.1, 0.15) is 0 Å². The van der Waals surface area contributed by atoms with Gasteiger partial charge in [0.15, 0.2) is 10.9 Å². The van der Waals surface area contributed by atoms with Crippen molar-refractivity contribution < 1.29 is 9.13 Å². The number of pyridine rings is 1. The summed E-state index contributed by atoms with van der Waals surface area (Å²) >= 11 is 5.45. The molecule has 0 spiro atoms. The Bertz CT molecular complexity index is 301. The Balaban J connectivity index is 2.23. The highest BCUT2D eigenvalue weighted by Crippen LogP contribution is 2.29. The van der Waals surface area contributed by atoms with Crippen LogP contribution >= 0.6 is 11.6 Å². The van der Waals surface area contributed by atoms with Crippen molar-refractivity contribution in [2.24, 2.45) is 0 Å². The Kier molecular flexibility index (Phi) is 1.89. The number of hydrogen-bond donors (Lipinski definition) is 0. The number of rotatable bonds is 2. The maximum atomic E-state index is 13.1. The zero-order valence-electron chi connectivity index (χ0n) is 6.26. The first-order chi connectivity index (χ1) is 5.77. The van der Waals surface area contributed by atoms with E-state index < -0.39 is 5.82 Å². The minimum Gasteiger partial charge on any atom is -0.487 e. The third kappa shape index (κ3) is 1.50. The van der Waals surface area contributed by atoms with Crippen LogP contribution in [0.2, 0.25) is 5.15 Å². The Morgan fingerprint density at radius 3 is 3.00 bits per heavy atom. The van der Waals surface area contributed by atoms with Gasteiger partial charge in [0.25, 0.3) is 0 Å². The summed E-state index contributed by atoms with van der Waals surface area (Å²) in [6.07, 6.45) is 3.61. The average molecular weight is 188 g/mol. The molecule has 1 heterocycles. The summed E-state index contributed by atoms with van der Waals surface area (Å²) in [7, 11) is 0. The molecule has 1 aliphatic rings. The molecule has 1 aromatic rings. The molecule has 1 aromatic heterocycles. The molecule has 0 atom stereocenters. The third-order valence-electron chi connectivity index (χ3n) is 1.63. The fourth-order valence-corrected chi connectivity index (χ4v) is 1.01. The molecule has 4 heteroatoms. The van der Waals surface area contributed by atoms with Crippen molar-refractivity contribution in [3.63, 3.8) is 0 Å². The topological polar surface area (TPSA) is 22.1 Å². The highest BCUT2D eigenvalue weighted by Gasteiger charge is 2.25. The number of hydrogen-bond acceptors (Lipinski definition) is 2. The van der Waals surface area contributed by atoms with Gasteiger partial charge in [-0.25, -0.2) is 4.98 Å². The Morgan fingerprint density at radius 2 is 2.33 bits per heavy atom. The Labute approximate surface area is 74.3 Å². The Hall–Kier alpha value is -0.830. The molecule has 0 N–H and O–H groups in total. The third-order valence-corrected chi connectivity index (χ3v) is 1.89.